The van der Waals surface area contributed by atoms with E-state index in [2.05, 4.69) is 25.2 Å². The zero-order valence-corrected chi connectivity index (χ0v) is 30.3. The lowest BCUT2D eigenvalue weighted by Gasteiger charge is -2.20. The minimum absolute atomic E-state index is 0.0622. The first-order valence-electron chi connectivity index (χ1n) is 14.6. The molecule has 4 aromatic rings. The van der Waals surface area contributed by atoms with Crippen molar-refractivity contribution in [2.24, 2.45) is 10.2 Å². The molecule has 0 saturated carbocycles. The number of benzene rings is 3. The average Bonchev–Trinajstić information content (AvgIpc) is 3.03. The number of hydrogen-bond acceptors (Lipinski definition) is 12. The third kappa shape index (κ3) is 19.1. The van der Waals surface area contributed by atoms with E-state index < -0.39 is 20.7 Å². The Morgan fingerprint density at radius 1 is 0.717 bits per heavy atom. The van der Waals surface area contributed by atoms with E-state index in [1.54, 1.807) is 6.07 Å². The standard InChI is InChI=1S/C22H20N6O.4C2H6.CH4O3S.O3S/c1-14-23-15(2)25-22(24-14)28(3)19-11-7-8-16-12-13-18(21(29)20(16)19)27-26-17-9-5-4-6-10-17;4*1-2;1-5(2,3)4;1-4(2)3/h4-13,29H,1-3H3;4*1-2H3;1H3,(H,2,3,4);. The molecular weight excluding hydrogens is 633 g/mol. The fourth-order valence-corrected chi connectivity index (χ4v) is 3.15. The van der Waals surface area contributed by atoms with Crippen molar-refractivity contribution in [2.75, 3.05) is 18.2 Å². The van der Waals surface area contributed by atoms with Crippen LogP contribution in [-0.4, -0.2) is 59.0 Å². The summed E-state index contributed by atoms with van der Waals surface area (Å²) < 4.78 is 51.2. The molecule has 15 heteroatoms. The minimum Gasteiger partial charge on any atom is -0.505 e. The summed E-state index contributed by atoms with van der Waals surface area (Å²) >= 11 is 0. The summed E-state index contributed by atoms with van der Waals surface area (Å²) in [6.45, 7) is 19.7. The predicted molar refractivity (Wildman–Crippen MR) is 186 cm³/mol. The van der Waals surface area contributed by atoms with Crippen molar-refractivity contribution in [3.63, 3.8) is 0 Å². The van der Waals surface area contributed by atoms with Gasteiger partial charge in [0, 0.05) is 12.4 Å². The molecule has 0 aliphatic carbocycles. The van der Waals surface area contributed by atoms with Crippen molar-refractivity contribution < 1.29 is 30.7 Å². The van der Waals surface area contributed by atoms with E-state index in [-0.39, 0.29) is 5.75 Å². The van der Waals surface area contributed by atoms with Gasteiger partial charge in [0.05, 0.1) is 17.6 Å². The molecule has 3 aromatic carbocycles. The van der Waals surface area contributed by atoms with Gasteiger partial charge in [0.2, 0.25) is 5.95 Å². The van der Waals surface area contributed by atoms with Gasteiger partial charge in [-0.05, 0) is 43.5 Å². The molecule has 46 heavy (non-hydrogen) atoms. The van der Waals surface area contributed by atoms with Crippen molar-refractivity contribution in [3.05, 3.63) is 72.3 Å². The highest BCUT2D eigenvalue weighted by Gasteiger charge is 2.16. The van der Waals surface area contributed by atoms with Crippen LogP contribution in [0.5, 0.6) is 5.75 Å². The smallest absolute Gasteiger partial charge is 0.425 e. The van der Waals surface area contributed by atoms with Gasteiger partial charge >= 0.3 is 10.6 Å². The lowest BCUT2D eigenvalue weighted by molar-refractivity contribution is 0.482. The van der Waals surface area contributed by atoms with Gasteiger partial charge in [0.25, 0.3) is 10.1 Å². The maximum absolute atomic E-state index is 11.0. The summed E-state index contributed by atoms with van der Waals surface area (Å²) in [7, 11) is -4.92. The number of aryl methyl sites for hydroxylation is 2. The Kier molecular flexibility index (Phi) is 26.0. The van der Waals surface area contributed by atoms with Crippen LogP contribution in [0.2, 0.25) is 0 Å². The second-order valence-electron chi connectivity index (χ2n) is 7.57. The quantitative estimate of drug-likeness (QED) is 0.156. The molecule has 0 aliphatic rings. The Morgan fingerprint density at radius 3 is 1.63 bits per heavy atom. The van der Waals surface area contributed by atoms with Gasteiger partial charge in [-0.2, -0.15) is 23.5 Å². The van der Waals surface area contributed by atoms with Crippen LogP contribution in [0, 0.1) is 13.8 Å². The number of azo groups is 1. The number of anilines is 2. The van der Waals surface area contributed by atoms with E-state index in [0.717, 1.165) is 11.1 Å². The molecule has 0 saturated heterocycles. The summed E-state index contributed by atoms with van der Waals surface area (Å²) in [5.74, 6) is 1.85. The fourth-order valence-electron chi connectivity index (χ4n) is 3.15. The number of rotatable bonds is 4. The fraction of sp³-hybridized carbons (Fsp3) is 0.387. The number of aromatic hydroxyl groups is 1. The van der Waals surface area contributed by atoms with E-state index in [4.69, 9.17) is 17.2 Å². The van der Waals surface area contributed by atoms with Crippen molar-refractivity contribution in [1.29, 1.82) is 0 Å². The molecular formula is C31H48N6O7S2. The van der Waals surface area contributed by atoms with Gasteiger partial charge in [0.1, 0.15) is 17.3 Å². The van der Waals surface area contributed by atoms with Crippen molar-refractivity contribution >= 4 is 54.5 Å². The molecule has 0 amide bonds. The summed E-state index contributed by atoms with van der Waals surface area (Å²) in [6.07, 6.45) is 0.715. The minimum atomic E-state index is -3.67. The van der Waals surface area contributed by atoms with Crippen LogP contribution >= 0.6 is 0 Å². The molecule has 0 unspecified atom stereocenters. The lowest BCUT2D eigenvalue weighted by Crippen LogP contribution is -2.15. The maximum atomic E-state index is 11.0. The Morgan fingerprint density at radius 2 is 1.17 bits per heavy atom. The molecule has 1 heterocycles. The summed E-state index contributed by atoms with van der Waals surface area (Å²) in [4.78, 5) is 14.9. The summed E-state index contributed by atoms with van der Waals surface area (Å²) in [5, 5.41) is 21.0. The van der Waals surface area contributed by atoms with Crippen LogP contribution < -0.4 is 4.90 Å². The van der Waals surface area contributed by atoms with Crippen LogP contribution in [0.15, 0.2) is 70.9 Å². The van der Waals surface area contributed by atoms with Gasteiger partial charge in [-0.15, -0.1) is 17.7 Å². The van der Waals surface area contributed by atoms with E-state index in [1.807, 2.05) is 136 Å². The molecule has 0 radical (unpaired) electrons. The van der Waals surface area contributed by atoms with Crippen molar-refractivity contribution in [2.45, 2.75) is 69.2 Å². The normalized spacial score (nSPS) is 9.41. The molecule has 0 atom stereocenters. The van der Waals surface area contributed by atoms with Crippen LogP contribution in [-0.2, 0) is 20.7 Å². The molecule has 0 fully saturated rings. The maximum Gasteiger partial charge on any atom is 0.425 e. The molecule has 1 aromatic heterocycles. The van der Waals surface area contributed by atoms with Crippen molar-refractivity contribution in [3.8, 4) is 5.75 Å². The SMILES string of the molecule is CC.CC.CC.CC.CS(=O)(=O)O.Cc1nc(C)nc(N(C)c2cccc3ccc(N=Nc4ccccc4)c(O)c23)n1.O=S(=O)=O. The molecule has 0 aliphatic heterocycles. The third-order valence-corrected chi connectivity index (χ3v) is 4.51. The molecule has 4 rings (SSSR count). The Labute approximate surface area is 275 Å². The third-order valence-electron chi connectivity index (χ3n) is 4.51. The first-order chi connectivity index (χ1) is 21.8. The van der Waals surface area contributed by atoms with E-state index >= 15 is 0 Å². The molecule has 13 nitrogen and oxygen atoms in total. The Hall–Kier alpha value is -4.34. The number of phenols is 1. The highest BCUT2D eigenvalue weighted by atomic mass is 32.2. The van der Waals surface area contributed by atoms with E-state index in [1.165, 1.54) is 0 Å². The second-order valence-corrected chi connectivity index (χ2v) is 9.44. The molecule has 256 valence electrons. The average molecular weight is 681 g/mol. The van der Waals surface area contributed by atoms with E-state index in [9.17, 15) is 13.5 Å². The first-order valence-corrected chi connectivity index (χ1v) is 17.4. The lowest BCUT2D eigenvalue weighted by atomic mass is 10.1. The highest BCUT2D eigenvalue weighted by Crippen LogP contribution is 2.41. The topological polar surface area (TPSA) is 192 Å². The number of hydrogen-bond donors (Lipinski definition) is 2. The number of fused-ring (bicyclic) bond motifs is 1. The highest BCUT2D eigenvalue weighted by molar-refractivity contribution is 7.85. The monoisotopic (exact) mass is 680 g/mol. The first kappa shape index (κ1) is 46.1. The molecule has 0 bridgehead atoms. The zero-order valence-electron chi connectivity index (χ0n) is 28.7. The van der Waals surface area contributed by atoms with Gasteiger partial charge < -0.3 is 10.0 Å². The molecule has 0 spiro atoms. The van der Waals surface area contributed by atoms with Crippen LogP contribution in [0.3, 0.4) is 0 Å². The largest absolute Gasteiger partial charge is 0.505 e. The molecule has 2 N–H and O–H groups in total. The van der Waals surface area contributed by atoms with Crippen LogP contribution in [0.25, 0.3) is 10.8 Å². The van der Waals surface area contributed by atoms with Crippen LogP contribution in [0.1, 0.15) is 67.0 Å². The van der Waals surface area contributed by atoms with Gasteiger partial charge in [-0.25, -0.2) is 4.98 Å². The number of nitrogens with zero attached hydrogens (tertiary/aromatic N) is 6. The van der Waals surface area contributed by atoms with Gasteiger partial charge in [-0.1, -0.05) is 91.8 Å². The predicted octanol–water partition coefficient (Wildman–Crippen LogP) is 8.14. The summed E-state index contributed by atoms with van der Waals surface area (Å²) in [6, 6.07) is 18.8. The number of phenolic OH excluding ortho intramolecular Hbond substituents is 1. The van der Waals surface area contributed by atoms with Gasteiger partial charge in [0.15, 0.2) is 5.75 Å². The van der Waals surface area contributed by atoms with Gasteiger partial charge in [-0.3, -0.25) is 4.55 Å². The summed E-state index contributed by atoms with van der Waals surface area (Å²) in [5.41, 5.74) is 1.88. The number of aromatic nitrogens is 3. The second kappa shape index (κ2) is 25.9. The van der Waals surface area contributed by atoms with Crippen LogP contribution in [0.4, 0.5) is 23.0 Å². The zero-order chi connectivity index (χ0) is 36.5. The van der Waals surface area contributed by atoms with E-state index in [0.29, 0.717) is 40.6 Å². The Balaban J connectivity index is -0.000000921. The Bertz CT molecular complexity index is 1630. The van der Waals surface area contributed by atoms with Crippen molar-refractivity contribution in [1.82, 2.24) is 15.0 Å².